The van der Waals surface area contributed by atoms with Gasteiger partial charge < -0.3 is 14.8 Å². The predicted molar refractivity (Wildman–Crippen MR) is 61.2 cm³/mol. The summed E-state index contributed by atoms with van der Waals surface area (Å²) in [5, 5.41) is 3.38. The van der Waals surface area contributed by atoms with Crippen LogP contribution >= 0.6 is 0 Å². The normalized spacial score (nSPS) is 25.4. The maximum atomic E-state index is 5.50. The molecule has 1 N–H and O–H groups in total. The summed E-state index contributed by atoms with van der Waals surface area (Å²) >= 11 is 0. The number of hydrogen-bond donors (Lipinski definition) is 1. The Balaban J connectivity index is 2.35. The molecule has 0 saturated carbocycles. The Bertz CT molecular complexity index is 167. The second-order valence-electron chi connectivity index (χ2n) is 4.08. The minimum absolute atomic E-state index is 0.298. The fraction of sp³-hybridized carbons (Fsp3) is 1.00. The smallest absolute Gasteiger partial charge is 0.0670 e. The summed E-state index contributed by atoms with van der Waals surface area (Å²) in [5.41, 5.74) is 0. The van der Waals surface area contributed by atoms with Gasteiger partial charge in [-0.05, 0) is 13.5 Å². The van der Waals surface area contributed by atoms with Crippen molar-refractivity contribution < 1.29 is 9.47 Å². The molecule has 1 saturated heterocycles. The zero-order valence-electron chi connectivity index (χ0n) is 10.2. The van der Waals surface area contributed by atoms with Crippen molar-refractivity contribution in [3.63, 3.8) is 0 Å². The van der Waals surface area contributed by atoms with E-state index in [2.05, 4.69) is 24.1 Å². The van der Waals surface area contributed by atoms with Crippen molar-refractivity contribution in [2.45, 2.75) is 26.0 Å². The number of ether oxygens (including phenoxy) is 2. The van der Waals surface area contributed by atoms with Crippen molar-refractivity contribution in [1.29, 1.82) is 0 Å². The number of nitrogens with one attached hydrogen (secondary N) is 1. The topological polar surface area (TPSA) is 33.7 Å². The number of likely N-dealkylation sites (N-methyl/N-ethyl adjacent to an activating group) is 1. The Hall–Kier alpha value is -0.160. The lowest BCUT2D eigenvalue weighted by Gasteiger charge is -2.36. The van der Waals surface area contributed by atoms with Gasteiger partial charge in [0.1, 0.15) is 0 Å². The summed E-state index contributed by atoms with van der Waals surface area (Å²) in [7, 11) is 1.77. The van der Waals surface area contributed by atoms with E-state index in [9.17, 15) is 0 Å². The van der Waals surface area contributed by atoms with E-state index in [0.29, 0.717) is 12.1 Å². The van der Waals surface area contributed by atoms with Crippen molar-refractivity contribution >= 4 is 0 Å². The molecular formula is C11H24N2O2. The quantitative estimate of drug-likeness (QED) is 0.694. The first-order valence-corrected chi connectivity index (χ1v) is 5.83. The number of morpholine rings is 1. The van der Waals surface area contributed by atoms with Gasteiger partial charge in [-0.1, -0.05) is 6.92 Å². The standard InChI is InChI=1S/C11H24N2O2/c1-4-12-7-11-9-15-6-5-13(11)8-10(2)14-3/h10-12H,4-9H2,1-3H3. The highest BCUT2D eigenvalue weighted by Gasteiger charge is 2.23. The van der Waals surface area contributed by atoms with Crippen molar-refractivity contribution in [1.82, 2.24) is 10.2 Å². The van der Waals surface area contributed by atoms with Crippen molar-refractivity contribution in [3.05, 3.63) is 0 Å². The summed E-state index contributed by atoms with van der Waals surface area (Å²) in [5.74, 6) is 0. The molecule has 0 spiro atoms. The molecule has 0 amide bonds. The molecule has 0 aromatic heterocycles. The van der Waals surface area contributed by atoms with Crippen LogP contribution in [0.1, 0.15) is 13.8 Å². The monoisotopic (exact) mass is 216 g/mol. The molecular weight excluding hydrogens is 192 g/mol. The minimum Gasteiger partial charge on any atom is -0.380 e. The van der Waals surface area contributed by atoms with Gasteiger partial charge in [-0.15, -0.1) is 0 Å². The van der Waals surface area contributed by atoms with E-state index in [1.165, 1.54) is 0 Å². The fourth-order valence-corrected chi connectivity index (χ4v) is 1.83. The van der Waals surface area contributed by atoms with Crippen LogP contribution in [0.5, 0.6) is 0 Å². The van der Waals surface area contributed by atoms with E-state index in [1.807, 2.05) is 0 Å². The van der Waals surface area contributed by atoms with Gasteiger partial charge in [-0.2, -0.15) is 0 Å². The number of hydrogen-bond acceptors (Lipinski definition) is 4. The second-order valence-corrected chi connectivity index (χ2v) is 4.08. The lowest BCUT2D eigenvalue weighted by Crippen LogP contribution is -2.52. The van der Waals surface area contributed by atoms with Gasteiger partial charge in [0, 0.05) is 32.8 Å². The minimum atomic E-state index is 0.298. The van der Waals surface area contributed by atoms with Gasteiger partial charge >= 0.3 is 0 Å². The maximum Gasteiger partial charge on any atom is 0.0670 e. The molecule has 15 heavy (non-hydrogen) atoms. The molecule has 4 heteroatoms. The molecule has 0 radical (unpaired) electrons. The van der Waals surface area contributed by atoms with Crippen LogP contribution in [0.25, 0.3) is 0 Å². The first-order valence-electron chi connectivity index (χ1n) is 5.83. The summed E-state index contributed by atoms with van der Waals surface area (Å²) in [6, 6.07) is 0.497. The molecule has 1 fully saturated rings. The fourth-order valence-electron chi connectivity index (χ4n) is 1.83. The van der Waals surface area contributed by atoms with Crippen LogP contribution in [0.3, 0.4) is 0 Å². The van der Waals surface area contributed by atoms with Crippen LogP contribution in [0.4, 0.5) is 0 Å². The molecule has 0 aromatic carbocycles. The molecule has 1 aliphatic heterocycles. The summed E-state index contributed by atoms with van der Waals surface area (Å²) in [6.45, 7) is 9.96. The van der Waals surface area contributed by atoms with Crippen LogP contribution in [0, 0.1) is 0 Å². The van der Waals surface area contributed by atoms with Crippen LogP contribution < -0.4 is 5.32 Å². The second kappa shape index (κ2) is 7.17. The lowest BCUT2D eigenvalue weighted by atomic mass is 10.2. The van der Waals surface area contributed by atoms with E-state index >= 15 is 0 Å². The highest BCUT2D eigenvalue weighted by molar-refractivity contribution is 4.78. The third kappa shape index (κ3) is 4.47. The third-order valence-electron chi connectivity index (χ3n) is 2.87. The van der Waals surface area contributed by atoms with Gasteiger partial charge in [-0.25, -0.2) is 0 Å². The Morgan fingerprint density at radius 2 is 2.40 bits per heavy atom. The van der Waals surface area contributed by atoms with Crippen molar-refractivity contribution in [2.24, 2.45) is 0 Å². The van der Waals surface area contributed by atoms with Crippen LogP contribution in [0.15, 0.2) is 0 Å². The van der Waals surface area contributed by atoms with Gasteiger partial charge in [0.25, 0.3) is 0 Å². The summed E-state index contributed by atoms with van der Waals surface area (Å²) in [4.78, 5) is 2.46. The Kier molecular flexibility index (Phi) is 6.17. The lowest BCUT2D eigenvalue weighted by molar-refractivity contribution is -0.0294. The summed E-state index contributed by atoms with van der Waals surface area (Å²) < 4.78 is 10.8. The maximum absolute atomic E-state index is 5.50. The van der Waals surface area contributed by atoms with Crippen LogP contribution in [-0.2, 0) is 9.47 Å². The molecule has 0 bridgehead atoms. The number of methoxy groups -OCH3 is 1. The van der Waals surface area contributed by atoms with Crippen molar-refractivity contribution in [3.8, 4) is 0 Å². The van der Waals surface area contributed by atoms with Gasteiger partial charge in [0.2, 0.25) is 0 Å². The highest BCUT2D eigenvalue weighted by atomic mass is 16.5. The van der Waals surface area contributed by atoms with Gasteiger partial charge in [0.15, 0.2) is 0 Å². The van der Waals surface area contributed by atoms with E-state index in [0.717, 1.165) is 39.4 Å². The summed E-state index contributed by atoms with van der Waals surface area (Å²) in [6.07, 6.45) is 0.298. The molecule has 4 nitrogen and oxygen atoms in total. The zero-order chi connectivity index (χ0) is 11.1. The van der Waals surface area contributed by atoms with E-state index in [-0.39, 0.29) is 0 Å². The molecule has 90 valence electrons. The highest BCUT2D eigenvalue weighted by Crippen LogP contribution is 2.07. The Morgan fingerprint density at radius 3 is 3.07 bits per heavy atom. The molecule has 2 unspecified atom stereocenters. The molecule has 0 aromatic rings. The Morgan fingerprint density at radius 1 is 1.60 bits per heavy atom. The molecule has 1 rings (SSSR count). The molecule has 2 atom stereocenters. The third-order valence-corrected chi connectivity index (χ3v) is 2.87. The first-order chi connectivity index (χ1) is 7.27. The predicted octanol–water partition coefficient (Wildman–Crippen LogP) is 0.332. The molecule has 1 heterocycles. The SMILES string of the molecule is CCNCC1COCCN1CC(C)OC. The molecule has 1 aliphatic rings. The zero-order valence-corrected chi connectivity index (χ0v) is 10.2. The van der Waals surface area contributed by atoms with Gasteiger partial charge in [0.05, 0.1) is 19.3 Å². The van der Waals surface area contributed by atoms with Crippen LogP contribution in [-0.4, -0.2) is 63.5 Å². The van der Waals surface area contributed by atoms with Crippen LogP contribution in [0.2, 0.25) is 0 Å². The van der Waals surface area contributed by atoms with Crippen molar-refractivity contribution in [2.75, 3.05) is 46.5 Å². The largest absolute Gasteiger partial charge is 0.380 e. The average Bonchev–Trinajstić information content (AvgIpc) is 2.28. The van der Waals surface area contributed by atoms with Gasteiger partial charge in [-0.3, -0.25) is 4.90 Å². The average molecular weight is 216 g/mol. The van der Waals surface area contributed by atoms with E-state index in [4.69, 9.17) is 9.47 Å². The first kappa shape index (κ1) is 12.9. The Labute approximate surface area is 92.9 Å². The number of rotatable bonds is 6. The number of nitrogens with zero attached hydrogens (tertiary/aromatic N) is 1. The van der Waals surface area contributed by atoms with E-state index in [1.54, 1.807) is 7.11 Å². The molecule has 0 aliphatic carbocycles. The van der Waals surface area contributed by atoms with E-state index < -0.39 is 0 Å².